The zero-order valence-corrected chi connectivity index (χ0v) is 7.15. The second kappa shape index (κ2) is 3.85. The van der Waals surface area contributed by atoms with Crippen molar-refractivity contribution in [1.82, 2.24) is 15.0 Å². The van der Waals surface area contributed by atoms with Crippen LogP contribution in [0.2, 0.25) is 0 Å². The Morgan fingerprint density at radius 1 is 1.67 bits per heavy atom. The van der Waals surface area contributed by atoms with Crippen LogP contribution < -0.4 is 0 Å². The van der Waals surface area contributed by atoms with Crippen molar-refractivity contribution in [1.29, 1.82) is 0 Å². The van der Waals surface area contributed by atoms with Crippen molar-refractivity contribution in [2.75, 3.05) is 6.61 Å². The molecule has 0 atom stereocenters. The summed E-state index contributed by atoms with van der Waals surface area (Å²) in [5.41, 5.74) is 0.402. The fraction of sp³-hybridized carbons (Fsp3) is 0.571. The lowest BCUT2D eigenvalue weighted by molar-refractivity contribution is 0.0512. The van der Waals surface area contributed by atoms with E-state index in [1.165, 1.54) is 10.9 Å². The number of nitrogens with zero attached hydrogens (tertiary/aromatic N) is 3. The largest absolute Gasteiger partial charge is 0.461 e. The van der Waals surface area contributed by atoms with Gasteiger partial charge >= 0.3 is 5.97 Å². The molecule has 1 rings (SSSR count). The highest BCUT2D eigenvalue weighted by Crippen LogP contribution is 1.98. The first-order valence-electron chi connectivity index (χ1n) is 3.85. The number of rotatable bonds is 3. The van der Waals surface area contributed by atoms with Crippen LogP contribution in [0.4, 0.5) is 0 Å². The second-order valence-corrected chi connectivity index (χ2v) is 2.16. The van der Waals surface area contributed by atoms with E-state index in [1.54, 1.807) is 6.92 Å². The molecule has 0 spiro atoms. The molecule has 0 fully saturated rings. The Labute approximate surface area is 70.3 Å². The molecule has 66 valence electrons. The molecule has 1 aromatic rings. The molecule has 5 nitrogen and oxygen atoms in total. The summed E-state index contributed by atoms with van der Waals surface area (Å²) in [6, 6.07) is 0. The van der Waals surface area contributed by atoms with Crippen molar-refractivity contribution in [2.45, 2.75) is 20.4 Å². The van der Waals surface area contributed by atoms with Gasteiger partial charge in [-0.3, -0.25) is 0 Å². The number of aromatic nitrogens is 3. The molecule has 0 aliphatic heterocycles. The molecule has 12 heavy (non-hydrogen) atoms. The molecule has 1 heterocycles. The summed E-state index contributed by atoms with van der Waals surface area (Å²) in [5.74, 6) is -0.371. The van der Waals surface area contributed by atoms with E-state index in [2.05, 4.69) is 10.3 Å². The van der Waals surface area contributed by atoms with E-state index in [0.29, 0.717) is 18.8 Å². The fourth-order valence-corrected chi connectivity index (χ4v) is 0.854. The van der Waals surface area contributed by atoms with Gasteiger partial charge < -0.3 is 4.74 Å². The molecule has 0 saturated heterocycles. The quantitative estimate of drug-likeness (QED) is 0.617. The van der Waals surface area contributed by atoms with Crippen molar-refractivity contribution in [3.63, 3.8) is 0 Å². The summed E-state index contributed by atoms with van der Waals surface area (Å²) in [7, 11) is 0. The summed E-state index contributed by atoms with van der Waals surface area (Å²) >= 11 is 0. The highest BCUT2D eigenvalue weighted by molar-refractivity contribution is 5.86. The maximum Gasteiger partial charge on any atom is 0.358 e. The summed E-state index contributed by atoms with van der Waals surface area (Å²) in [4.78, 5) is 11.2. The highest BCUT2D eigenvalue weighted by atomic mass is 16.5. The first-order chi connectivity index (χ1) is 5.79. The number of carbonyl (C=O) groups is 1. The monoisotopic (exact) mass is 169 g/mol. The molecule has 0 amide bonds. The van der Waals surface area contributed by atoms with Gasteiger partial charge in [-0.25, -0.2) is 9.48 Å². The van der Waals surface area contributed by atoms with Gasteiger partial charge in [-0.05, 0) is 13.8 Å². The number of carbonyl (C=O) groups excluding carboxylic acids is 1. The normalized spacial score (nSPS) is 9.83. The maximum atomic E-state index is 11.2. The maximum absolute atomic E-state index is 11.2. The van der Waals surface area contributed by atoms with E-state index in [0.717, 1.165) is 0 Å². The summed E-state index contributed by atoms with van der Waals surface area (Å²) in [6.07, 6.45) is 1.40. The van der Waals surface area contributed by atoms with Gasteiger partial charge in [-0.2, -0.15) is 0 Å². The molecule has 0 aliphatic rings. The highest BCUT2D eigenvalue weighted by Gasteiger charge is 2.12. The van der Waals surface area contributed by atoms with Crippen LogP contribution in [0.1, 0.15) is 24.3 Å². The van der Waals surface area contributed by atoms with Crippen LogP contribution >= 0.6 is 0 Å². The van der Waals surface area contributed by atoms with Gasteiger partial charge in [0.25, 0.3) is 0 Å². The average Bonchev–Trinajstić information content (AvgIpc) is 2.51. The van der Waals surface area contributed by atoms with E-state index in [1.807, 2.05) is 6.92 Å². The third kappa shape index (κ3) is 1.61. The minimum atomic E-state index is -0.371. The van der Waals surface area contributed by atoms with Crippen LogP contribution in [-0.2, 0) is 11.3 Å². The number of hydrogen-bond donors (Lipinski definition) is 0. The van der Waals surface area contributed by atoms with Crippen LogP contribution in [-0.4, -0.2) is 27.6 Å². The number of aryl methyl sites for hydroxylation is 1. The molecule has 0 aliphatic carbocycles. The average molecular weight is 169 g/mol. The Hall–Kier alpha value is -1.39. The van der Waals surface area contributed by atoms with Crippen molar-refractivity contribution in [2.24, 2.45) is 0 Å². The van der Waals surface area contributed by atoms with Crippen LogP contribution in [0.3, 0.4) is 0 Å². The SMILES string of the molecule is CCOC(=O)c1cnnn1CC. The van der Waals surface area contributed by atoms with Crippen molar-refractivity contribution < 1.29 is 9.53 Å². The lowest BCUT2D eigenvalue weighted by atomic mass is 10.4. The van der Waals surface area contributed by atoms with Crippen molar-refractivity contribution in [3.05, 3.63) is 11.9 Å². The van der Waals surface area contributed by atoms with Gasteiger partial charge in [0.05, 0.1) is 12.8 Å². The third-order valence-corrected chi connectivity index (χ3v) is 1.40. The van der Waals surface area contributed by atoms with Gasteiger partial charge in [0, 0.05) is 6.54 Å². The first kappa shape index (κ1) is 8.70. The van der Waals surface area contributed by atoms with Crippen molar-refractivity contribution >= 4 is 5.97 Å². The predicted octanol–water partition coefficient (Wildman–Crippen LogP) is 0.475. The Morgan fingerprint density at radius 2 is 2.42 bits per heavy atom. The molecule has 0 unspecified atom stereocenters. The number of esters is 1. The molecule has 0 saturated carbocycles. The molecular formula is C7H11N3O2. The van der Waals surface area contributed by atoms with Crippen LogP contribution in [0, 0.1) is 0 Å². The minimum absolute atomic E-state index is 0.369. The molecule has 0 N–H and O–H groups in total. The van der Waals surface area contributed by atoms with E-state index in [-0.39, 0.29) is 5.97 Å². The fourth-order valence-electron chi connectivity index (χ4n) is 0.854. The van der Waals surface area contributed by atoms with E-state index >= 15 is 0 Å². The van der Waals surface area contributed by atoms with Crippen LogP contribution in [0.25, 0.3) is 0 Å². The Morgan fingerprint density at radius 3 is 3.00 bits per heavy atom. The Bertz CT molecular complexity index is 269. The van der Waals surface area contributed by atoms with Crippen LogP contribution in [0.5, 0.6) is 0 Å². The molecule has 1 aromatic heterocycles. The molecular weight excluding hydrogens is 158 g/mol. The van der Waals surface area contributed by atoms with Gasteiger partial charge in [-0.15, -0.1) is 5.10 Å². The van der Waals surface area contributed by atoms with E-state index in [9.17, 15) is 4.79 Å². The topological polar surface area (TPSA) is 57.0 Å². The number of ether oxygens (including phenoxy) is 1. The van der Waals surface area contributed by atoms with E-state index < -0.39 is 0 Å². The molecule has 0 aromatic carbocycles. The standard InChI is InChI=1S/C7H11N3O2/c1-3-10-6(5-8-9-10)7(11)12-4-2/h5H,3-4H2,1-2H3. The van der Waals surface area contributed by atoms with E-state index in [4.69, 9.17) is 4.74 Å². The molecule has 5 heteroatoms. The summed E-state index contributed by atoms with van der Waals surface area (Å²) < 4.78 is 6.29. The summed E-state index contributed by atoms with van der Waals surface area (Å²) in [6.45, 7) is 4.64. The lowest BCUT2D eigenvalue weighted by Gasteiger charge is -2.01. The smallest absolute Gasteiger partial charge is 0.358 e. The summed E-state index contributed by atoms with van der Waals surface area (Å²) in [5, 5.41) is 7.31. The zero-order valence-electron chi connectivity index (χ0n) is 7.15. The van der Waals surface area contributed by atoms with Gasteiger partial charge in [-0.1, -0.05) is 5.21 Å². The Kier molecular flexibility index (Phi) is 2.79. The van der Waals surface area contributed by atoms with Crippen LogP contribution in [0.15, 0.2) is 6.20 Å². The molecule has 0 radical (unpaired) electrons. The molecule has 0 bridgehead atoms. The Balaban J connectivity index is 2.79. The second-order valence-electron chi connectivity index (χ2n) is 2.16. The van der Waals surface area contributed by atoms with Gasteiger partial charge in [0.2, 0.25) is 0 Å². The minimum Gasteiger partial charge on any atom is -0.461 e. The van der Waals surface area contributed by atoms with Gasteiger partial charge in [0.1, 0.15) is 0 Å². The lowest BCUT2D eigenvalue weighted by Crippen LogP contribution is -2.12. The third-order valence-electron chi connectivity index (χ3n) is 1.40. The number of hydrogen-bond acceptors (Lipinski definition) is 4. The van der Waals surface area contributed by atoms with Gasteiger partial charge in [0.15, 0.2) is 5.69 Å². The zero-order chi connectivity index (χ0) is 8.97. The van der Waals surface area contributed by atoms with Crippen molar-refractivity contribution in [3.8, 4) is 0 Å². The first-order valence-corrected chi connectivity index (χ1v) is 3.85. The predicted molar refractivity (Wildman–Crippen MR) is 41.7 cm³/mol.